The Labute approximate surface area is 170 Å². The zero-order valence-electron chi connectivity index (χ0n) is 15.1. The number of benzene rings is 2. The highest BCUT2D eigenvalue weighted by molar-refractivity contribution is 7.98. The van der Waals surface area contributed by atoms with Crippen molar-refractivity contribution >= 4 is 34.3 Å². The molecule has 0 radical (unpaired) electrons. The van der Waals surface area contributed by atoms with Gasteiger partial charge in [0.05, 0.1) is 5.02 Å². The monoisotopic (exact) mass is 412 g/mol. The Morgan fingerprint density at radius 3 is 2.79 bits per heavy atom. The summed E-state index contributed by atoms with van der Waals surface area (Å²) in [4.78, 5) is 15.5. The Bertz CT molecular complexity index is 1190. The van der Waals surface area contributed by atoms with E-state index in [1.165, 1.54) is 11.8 Å². The molecule has 2 heterocycles. The first kappa shape index (κ1) is 18.6. The summed E-state index contributed by atoms with van der Waals surface area (Å²) in [7, 11) is 1.89. The van der Waals surface area contributed by atoms with Crippen molar-refractivity contribution in [3.63, 3.8) is 0 Å². The molecule has 0 unspecified atom stereocenters. The summed E-state index contributed by atoms with van der Waals surface area (Å²) in [6.45, 7) is 0.264. The third kappa shape index (κ3) is 3.90. The summed E-state index contributed by atoms with van der Waals surface area (Å²) in [5.41, 5.74) is 1.68. The molecule has 0 amide bonds. The lowest BCUT2D eigenvalue weighted by Gasteiger charge is -2.08. The lowest BCUT2D eigenvalue weighted by atomic mass is 10.2. The second-order valence-electron chi connectivity index (χ2n) is 6.17. The highest BCUT2D eigenvalue weighted by Crippen LogP contribution is 2.25. The van der Waals surface area contributed by atoms with Gasteiger partial charge in [0.25, 0.3) is 0 Å². The predicted octanol–water partition coefficient (Wildman–Crippen LogP) is 4.18. The first-order valence-corrected chi connectivity index (χ1v) is 9.97. The molecule has 8 heteroatoms. The maximum absolute atomic E-state index is 12.2. The van der Waals surface area contributed by atoms with Crippen LogP contribution in [0.15, 0.2) is 64.5 Å². The van der Waals surface area contributed by atoms with Gasteiger partial charge in [0.1, 0.15) is 12.4 Å². The van der Waals surface area contributed by atoms with Crippen molar-refractivity contribution in [1.82, 2.24) is 19.7 Å². The van der Waals surface area contributed by atoms with E-state index in [4.69, 9.17) is 16.3 Å². The number of rotatable bonds is 6. The number of nitrogens with zero attached hydrogens (tertiary/aromatic N) is 3. The van der Waals surface area contributed by atoms with E-state index in [1.54, 1.807) is 12.1 Å². The maximum Gasteiger partial charge on any atom is 0.191 e. The number of halogens is 1. The molecule has 6 nitrogen and oxygen atoms in total. The van der Waals surface area contributed by atoms with Crippen molar-refractivity contribution in [2.75, 3.05) is 0 Å². The van der Waals surface area contributed by atoms with E-state index in [1.807, 2.05) is 54.1 Å². The minimum absolute atomic E-state index is 0.0109. The van der Waals surface area contributed by atoms with Crippen LogP contribution in [0.5, 0.6) is 5.75 Å². The van der Waals surface area contributed by atoms with E-state index in [-0.39, 0.29) is 12.0 Å². The topological polar surface area (TPSA) is 72.8 Å². The Morgan fingerprint density at radius 2 is 1.93 bits per heavy atom. The van der Waals surface area contributed by atoms with Gasteiger partial charge in [-0.05, 0) is 24.3 Å². The Morgan fingerprint density at radius 1 is 1.14 bits per heavy atom. The Hall–Kier alpha value is -2.77. The fraction of sp³-hybridized carbons (Fsp3) is 0.150. The fourth-order valence-electron chi connectivity index (χ4n) is 2.77. The quantitative estimate of drug-likeness (QED) is 0.481. The predicted molar refractivity (Wildman–Crippen MR) is 111 cm³/mol. The summed E-state index contributed by atoms with van der Waals surface area (Å²) in [6, 6.07) is 16.4. The van der Waals surface area contributed by atoms with Gasteiger partial charge in [-0.15, -0.1) is 10.2 Å². The van der Waals surface area contributed by atoms with Crippen molar-refractivity contribution in [2.45, 2.75) is 17.5 Å². The number of fused-ring (bicyclic) bond motifs is 1. The number of para-hydroxylation sites is 2. The molecule has 2 aromatic carbocycles. The molecule has 28 heavy (non-hydrogen) atoms. The number of hydrogen-bond donors (Lipinski definition) is 1. The zero-order chi connectivity index (χ0) is 19.5. The second-order valence-corrected chi connectivity index (χ2v) is 7.52. The molecule has 4 aromatic rings. The number of ether oxygens (including phenoxy) is 1. The van der Waals surface area contributed by atoms with E-state index in [2.05, 4.69) is 15.2 Å². The van der Waals surface area contributed by atoms with Crippen LogP contribution < -0.4 is 10.2 Å². The van der Waals surface area contributed by atoms with E-state index < -0.39 is 0 Å². The first-order valence-electron chi connectivity index (χ1n) is 8.61. The van der Waals surface area contributed by atoms with Crippen LogP contribution in [0.1, 0.15) is 11.5 Å². The third-order valence-corrected chi connectivity index (χ3v) is 5.65. The van der Waals surface area contributed by atoms with Crippen molar-refractivity contribution in [3.05, 3.63) is 81.4 Å². The molecular formula is C20H17ClN4O2S. The normalized spacial score (nSPS) is 11.1. The van der Waals surface area contributed by atoms with Crippen LogP contribution >= 0.6 is 23.4 Å². The Balaban J connectivity index is 1.45. The summed E-state index contributed by atoms with van der Waals surface area (Å²) in [5, 5.41) is 10.4. The number of aromatic nitrogens is 4. The molecular weight excluding hydrogens is 396 g/mol. The van der Waals surface area contributed by atoms with E-state index in [0.717, 1.165) is 16.4 Å². The fourth-order valence-corrected chi connectivity index (χ4v) is 3.80. The molecule has 0 saturated heterocycles. The summed E-state index contributed by atoms with van der Waals surface area (Å²) >= 11 is 7.61. The molecule has 4 rings (SSSR count). The number of H-pyrrole nitrogens is 1. The van der Waals surface area contributed by atoms with Crippen molar-refractivity contribution in [3.8, 4) is 5.75 Å². The number of hydrogen-bond acceptors (Lipinski definition) is 5. The smallest absolute Gasteiger partial charge is 0.191 e. The van der Waals surface area contributed by atoms with Crippen LogP contribution in [0.4, 0.5) is 0 Å². The van der Waals surface area contributed by atoms with Crippen molar-refractivity contribution < 1.29 is 4.74 Å². The lowest BCUT2D eigenvalue weighted by Crippen LogP contribution is -2.05. The van der Waals surface area contributed by atoms with Crippen LogP contribution in [0.25, 0.3) is 10.9 Å². The molecule has 0 aliphatic carbocycles. The highest BCUT2D eigenvalue weighted by atomic mass is 35.5. The summed E-state index contributed by atoms with van der Waals surface area (Å²) in [6.07, 6.45) is 0. The molecule has 0 spiro atoms. The summed E-state index contributed by atoms with van der Waals surface area (Å²) < 4.78 is 7.61. The van der Waals surface area contributed by atoms with E-state index in [0.29, 0.717) is 27.7 Å². The molecule has 2 aromatic heterocycles. The third-order valence-electron chi connectivity index (χ3n) is 4.27. The van der Waals surface area contributed by atoms with E-state index >= 15 is 0 Å². The second kappa shape index (κ2) is 8.08. The van der Waals surface area contributed by atoms with Gasteiger partial charge in [0.2, 0.25) is 0 Å². The number of nitrogens with one attached hydrogen (secondary N) is 1. The molecule has 0 atom stereocenters. The van der Waals surface area contributed by atoms with Crippen molar-refractivity contribution in [1.29, 1.82) is 0 Å². The molecule has 0 fully saturated rings. The maximum atomic E-state index is 12.2. The number of thioether (sulfide) groups is 1. The van der Waals surface area contributed by atoms with Crippen LogP contribution in [-0.4, -0.2) is 19.7 Å². The average molecular weight is 413 g/mol. The van der Waals surface area contributed by atoms with Gasteiger partial charge in [0.15, 0.2) is 16.4 Å². The van der Waals surface area contributed by atoms with Gasteiger partial charge in [-0.1, -0.05) is 47.6 Å². The van der Waals surface area contributed by atoms with E-state index in [9.17, 15) is 4.79 Å². The standard InChI is InChI=1S/C20H17ClN4O2S/c1-25-19(11-27-18-9-5-3-7-15(18)21)23-24-20(25)28-12-13-10-17(26)14-6-2-4-8-16(14)22-13/h2-10H,11-12H2,1H3,(H,22,26). The molecule has 0 aliphatic rings. The number of pyridine rings is 1. The van der Waals surface area contributed by atoms with Crippen LogP contribution in [-0.2, 0) is 19.4 Å². The van der Waals surface area contributed by atoms with Gasteiger partial charge in [-0.3, -0.25) is 4.79 Å². The SMILES string of the molecule is Cn1c(COc2ccccc2Cl)nnc1SCc1cc(=O)c2ccccc2[nH]1. The minimum atomic E-state index is 0.0109. The molecule has 1 N–H and O–H groups in total. The van der Waals surface area contributed by atoms with Gasteiger partial charge in [-0.25, -0.2) is 0 Å². The lowest BCUT2D eigenvalue weighted by molar-refractivity contribution is 0.290. The molecule has 0 aliphatic heterocycles. The first-order chi connectivity index (χ1) is 13.6. The molecule has 0 bridgehead atoms. The molecule has 0 saturated carbocycles. The largest absolute Gasteiger partial charge is 0.484 e. The van der Waals surface area contributed by atoms with Crippen LogP contribution in [0.3, 0.4) is 0 Å². The summed E-state index contributed by atoms with van der Waals surface area (Å²) in [5.74, 6) is 1.88. The van der Waals surface area contributed by atoms with Gasteiger partial charge >= 0.3 is 0 Å². The van der Waals surface area contributed by atoms with Gasteiger partial charge in [0, 0.05) is 35.5 Å². The zero-order valence-corrected chi connectivity index (χ0v) is 16.6. The van der Waals surface area contributed by atoms with Crippen molar-refractivity contribution in [2.24, 2.45) is 7.05 Å². The minimum Gasteiger partial charge on any atom is -0.484 e. The van der Waals surface area contributed by atoms with Gasteiger partial charge < -0.3 is 14.3 Å². The van der Waals surface area contributed by atoms with Crippen LogP contribution in [0, 0.1) is 0 Å². The van der Waals surface area contributed by atoms with Crippen LogP contribution in [0.2, 0.25) is 5.02 Å². The molecule has 142 valence electrons. The highest BCUT2D eigenvalue weighted by Gasteiger charge is 2.12. The average Bonchev–Trinajstić information content (AvgIpc) is 3.05. The Kier molecular flexibility index (Phi) is 5.36. The number of aromatic amines is 1. The van der Waals surface area contributed by atoms with Gasteiger partial charge in [-0.2, -0.15) is 0 Å².